The molecule has 0 saturated carbocycles. The zero-order valence-corrected chi connectivity index (χ0v) is 15.1. The Morgan fingerprint density at radius 1 is 1.12 bits per heavy atom. The van der Waals surface area contributed by atoms with E-state index in [1.165, 1.54) is 6.92 Å². The van der Waals surface area contributed by atoms with Gasteiger partial charge in [0.1, 0.15) is 17.4 Å². The van der Waals surface area contributed by atoms with Gasteiger partial charge in [-0.15, -0.1) is 0 Å². The molecule has 3 rings (SSSR count). The van der Waals surface area contributed by atoms with Gasteiger partial charge in [-0.25, -0.2) is 4.68 Å². The fraction of sp³-hybridized carbons (Fsp3) is 0.222. The summed E-state index contributed by atoms with van der Waals surface area (Å²) in [4.78, 5) is 20.4. The summed E-state index contributed by atoms with van der Waals surface area (Å²) in [7, 11) is 1.60. The molecule has 0 atom stereocenters. The van der Waals surface area contributed by atoms with Gasteiger partial charge in [0.25, 0.3) is 5.95 Å². The van der Waals surface area contributed by atoms with Crippen molar-refractivity contribution >= 4 is 23.2 Å². The molecule has 0 radical (unpaired) electrons. The van der Waals surface area contributed by atoms with Crippen molar-refractivity contribution < 1.29 is 9.53 Å². The van der Waals surface area contributed by atoms with E-state index in [2.05, 4.69) is 25.7 Å². The molecule has 0 bridgehead atoms. The van der Waals surface area contributed by atoms with Crippen LogP contribution in [0.25, 0.3) is 5.95 Å². The quantitative estimate of drug-likeness (QED) is 0.733. The number of carbonyl (C=O) groups excluding carboxylic acids is 1. The monoisotopic (exact) mass is 352 g/mol. The number of methoxy groups -OCH3 is 1. The second kappa shape index (κ2) is 7.22. The molecule has 0 aliphatic carbocycles. The smallest absolute Gasteiger partial charge is 0.254 e. The molecule has 2 aromatic heterocycles. The molecule has 3 aromatic rings. The predicted octanol–water partition coefficient (Wildman–Crippen LogP) is 2.99. The molecule has 1 aromatic carbocycles. The molecule has 8 heteroatoms. The van der Waals surface area contributed by atoms with E-state index in [-0.39, 0.29) is 5.91 Å². The molecule has 26 heavy (non-hydrogen) atoms. The van der Waals surface area contributed by atoms with Crippen LogP contribution < -0.4 is 15.4 Å². The molecule has 0 saturated heterocycles. The Kier molecular flexibility index (Phi) is 4.83. The topological polar surface area (TPSA) is 94.0 Å². The standard InChI is InChI=1S/C18H20N6O2/c1-11-9-12(2)24(23-11)18-21-16(19-13(3)25)10-17(22-18)20-14-7-5-6-8-15(14)26-4/h5-10H,1-4H3,(H2,19,20,21,22,25). The lowest BCUT2D eigenvalue weighted by atomic mass is 10.3. The Labute approximate surface area is 151 Å². The Bertz CT molecular complexity index is 951. The third-order valence-electron chi connectivity index (χ3n) is 3.59. The van der Waals surface area contributed by atoms with Gasteiger partial charge in [-0.2, -0.15) is 15.1 Å². The highest BCUT2D eigenvalue weighted by molar-refractivity contribution is 5.88. The summed E-state index contributed by atoms with van der Waals surface area (Å²) in [5, 5.41) is 10.3. The van der Waals surface area contributed by atoms with Crippen LogP contribution in [-0.4, -0.2) is 32.8 Å². The fourth-order valence-electron chi connectivity index (χ4n) is 2.55. The molecule has 2 heterocycles. The molecule has 0 spiro atoms. The lowest BCUT2D eigenvalue weighted by Gasteiger charge is -2.13. The lowest BCUT2D eigenvalue weighted by Crippen LogP contribution is -2.13. The second-order valence-corrected chi connectivity index (χ2v) is 5.78. The van der Waals surface area contributed by atoms with Crippen molar-refractivity contribution in [3.05, 3.63) is 47.8 Å². The SMILES string of the molecule is COc1ccccc1Nc1cc(NC(C)=O)nc(-n2nc(C)cc2C)n1. The first kappa shape index (κ1) is 17.4. The van der Waals surface area contributed by atoms with Crippen LogP contribution in [0.3, 0.4) is 0 Å². The number of hydrogen-bond acceptors (Lipinski definition) is 6. The van der Waals surface area contributed by atoms with Gasteiger partial charge in [-0.3, -0.25) is 4.79 Å². The molecular formula is C18H20N6O2. The average Bonchev–Trinajstić information content (AvgIpc) is 2.93. The van der Waals surface area contributed by atoms with Crippen molar-refractivity contribution in [1.82, 2.24) is 19.7 Å². The van der Waals surface area contributed by atoms with Crippen LogP contribution in [0, 0.1) is 13.8 Å². The summed E-state index contributed by atoms with van der Waals surface area (Å²) in [6.45, 7) is 5.25. The van der Waals surface area contributed by atoms with Gasteiger partial charge >= 0.3 is 0 Å². The summed E-state index contributed by atoms with van der Waals surface area (Å²) in [5.41, 5.74) is 2.50. The minimum atomic E-state index is -0.216. The number of anilines is 3. The summed E-state index contributed by atoms with van der Waals surface area (Å²) in [6.07, 6.45) is 0. The van der Waals surface area contributed by atoms with E-state index in [0.29, 0.717) is 23.3 Å². The number of nitrogens with one attached hydrogen (secondary N) is 2. The Morgan fingerprint density at radius 3 is 2.50 bits per heavy atom. The Hall–Kier alpha value is -3.42. The van der Waals surface area contributed by atoms with Crippen molar-refractivity contribution in [2.24, 2.45) is 0 Å². The highest BCUT2D eigenvalue weighted by Crippen LogP contribution is 2.27. The number of aryl methyl sites for hydroxylation is 2. The van der Waals surface area contributed by atoms with Crippen LogP contribution in [0.15, 0.2) is 36.4 Å². The minimum absolute atomic E-state index is 0.216. The summed E-state index contributed by atoms with van der Waals surface area (Å²) in [6, 6.07) is 11.1. The number of rotatable bonds is 5. The maximum Gasteiger partial charge on any atom is 0.254 e. The number of ether oxygens (including phenoxy) is 1. The van der Waals surface area contributed by atoms with Crippen molar-refractivity contribution in [1.29, 1.82) is 0 Å². The van der Waals surface area contributed by atoms with Crippen molar-refractivity contribution in [2.75, 3.05) is 17.7 Å². The number of amides is 1. The number of aromatic nitrogens is 4. The minimum Gasteiger partial charge on any atom is -0.495 e. The number of nitrogens with zero attached hydrogens (tertiary/aromatic N) is 4. The zero-order valence-electron chi connectivity index (χ0n) is 15.1. The van der Waals surface area contributed by atoms with E-state index in [4.69, 9.17) is 4.74 Å². The van der Waals surface area contributed by atoms with Gasteiger partial charge in [0.05, 0.1) is 18.5 Å². The van der Waals surface area contributed by atoms with E-state index in [0.717, 1.165) is 17.1 Å². The van der Waals surface area contributed by atoms with Crippen molar-refractivity contribution in [3.8, 4) is 11.7 Å². The van der Waals surface area contributed by atoms with Crippen LogP contribution in [-0.2, 0) is 4.79 Å². The first-order valence-corrected chi connectivity index (χ1v) is 8.06. The number of para-hydroxylation sites is 2. The largest absolute Gasteiger partial charge is 0.495 e. The normalized spacial score (nSPS) is 10.5. The number of hydrogen-bond donors (Lipinski definition) is 2. The van der Waals surface area contributed by atoms with E-state index < -0.39 is 0 Å². The van der Waals surface area contributed by atoms with E-state index in [1.807, 2.05) is 44.2 Å². The summed E-state index contributed by atoms with van der Waals surface area (Å²) < 4.78 is 6.99. The van der Waals surface area contributed by atoms with Crippen LogP contribution >= 0.6 is 0 Å². The van der Waals surface area contributed by atoms with Crippen molar-refractivity contribution in [2.45, 2.75) is 20.8 Å². The summed E-state index contributed by atoms with van der Waals surface area (Å²) >= 11 is 0. The fourth-order valence-corrected chi connectivity index (χ4v) is 2.55. The first-order valence-electron chi connectivity index (χ1n) is 8.06. The molecule has 0 unspecified atom stereocenters. The van der Waals surface area contributed by atoms with Crippen LogP contribution in [0.5, 0.6) is 5.75 Å². The van der Waals surface area contributed by atoms with Crippen LogP contribution in [0.4, 0.5) is 17.3 Å². The Balaban J connectivity index is 2.05. The highest BCUT2D eigenvalue weighted by Gasteiger charge is 2.12. The van der Waals surface area contributed by atoms with Gasteiger partial charge in [-0.05, 0) is 32.0 Å². The molecule has 1 amide bonds. The molecule has 8 nitrogen and oxygen atoms in total. The van der Waals surface area contributed by atoms with Crippen LogP contribution in [0.2, 0.25) is 0 Å². The summed E-state index contributed by atoms with van der Waals surface area (Å²) in [5.74, 6) is 1.72. The molecular weight excluding hydrogens is 332 g/mol. The molecule has 2 N–H and O–H groups in total. The van der Waals surface area contributed by atoms with E-state index in [9.17, 15) is 4.79 Å². The number of benzene rings is 1. The molecule has 0 aliphatic rings. The van der Waals surface area contributed by atoms with E-state index in [1.54, 1.807) is 17.9 Å². The molecule has 0 aliphatic heterocycles. The third kappa shape index (κ3) is 3.80. The third-order valence-corrected chi connectivity index (χ3v) is 3.59. The first-order chi connectivity index (χ1) is 12.5. The van der Waals surface area contributed by atoms with Crippen LogP contribution in [0.1, 0.15) is 18.3 Å². The molecule has 0 fully saturated rings. The van der Waals surface area contributed by atoms with Gasteiger partial charge in [0.15, 0.2) is 0 Å². The average molecular weight is 352 g/mol. The van der Waals surface area contributed by atoms with Gasteiger partial charge < -0.3 is 15.4 Å². The zero-order chi connectivity index (χ0) is 18.7. The van der Waals surface area contributed by atoms with Crippen molar-refractivity contribution in [3.63, 3.8) is 0 Å². The maximum atomic E-state index is 11.5. The highest BCUT2D eigenvalue weighted by atomic mass is 16.5. The predicted molar refractivity (Wildman–Crippen MR) is 99.2 cm³/mol. The van der Waals surface area contributed by atoms with Gasteiger partial charge in [0, 0.05) is 18.7 Å². The van der Waals surface area contributed by atoms with E-state index >= 15 is 0 Å². The molecule has 134 valence electrons. The Morgan fingerprint density at radius 2 is 1.85 bits per heavy atom. The second-order valence-electron chi connectivity index (χ2n) is 5.78. The maximum absolute atomic E-state index is 11.5. The van der Waals surface area contributed by atoms with Gasteiger partial charge in [0.2, 0.25) is 5.91 Å². The lowest BCUT2D eigenvalue weighted by molar-refractivity contribution is -0.114. The number of carbonyl (C=O) groups is 1. The van der Waals surface area contributed by atoms with Gasteiger partial charge in [-0.1, -0.05) is 12.1 Å².